The Labute approximate surface area is 420 Å². The lowest BCUT2D eigenvalue weighted by molar-refractivity contribution is -0.318. The molecule has 3 aliphatic heterocycles. The predicted molar refractivity (Wildman–Crippen MR) is 264 cm³/mol. The molecule has 0 radical (unpaired) electrons. The van der Waals surface area contributed by atoms with Crippen molar-refractivity contribution in [2.75, 3.05) is 34.3 Å². The molecule has 0 bridgehead atoms. The minimum absolute atomic E-state index is 0.108. The summed E-state index contributed by atoms with van der Waals surface area (Å²) in [6, 6.07) is 2.88. The Kier molecular flexibility index (Phi) is 19.2. The van der Waals surface area contributed by atoms with Gasteiger partial charge >= 0.3 is 5.97 Å². The Balaban J connectivity index is 1.22. The second-order valence-electron chi connectivity index (χ2n) is 21.9. The van der Waals surface area contributed by atoms with Gasteiger partial charge in [0.25, 0.3) is 0 Å². The average Bonchev–Trinajstić information content (AvgIpc) is 3.97. The number of likely N-dealkylation sites (N-methyl/N-ethyl adjacent to an activating group) is 2. The maximum Gasteiger partial charge on any atom is 0.311 e. The SMILES string of the molecule is CC[C@H]1OC(=O)[C@H](C)[C@@H](O[C@H]2C[C@@](C)(OC)[C@@H](O)[C@H](C)O2)[C@H](C)[C@@H](O[C@@H]2O[C@H](C)C[C@H](N(C)CCc3cn(CCCCn4cnc5cccnc54)nn3)[C@H]2O)[C@](C)(O)C[C@@H](C)CN(C)[C@H](C)[C@@H](O)[C@]1(C)O. The Hall–Kier alpha value is -3.25. The van der Waals surface area contributed by atoms with E-state index in [0.29, 0.717) is 25.9 Å². The fourth-order valence-corrected chi connectivity index (χ4v) is 11.3. The van der Waals surface area contributed by atoms with Gasteiger partial charge in [-0.3, -0.25) is 9.48 Å². The Morgan fingerprint density at radius 1 is 0.958 bits per heavy atom. The van der Waals surface area contributed by atoms with Gasteiger partial charge in [-0.05, 0) is 113 Å². The molecule has 3 aromatic rings. The second-order valence-corrected chi connectivity index (χ2v) is 21.9. The first-order chi connectivity index (χ1) is 33.4. The van der Waals surface area contributed by atoms with Crippen molar-refractivity contribution in [1.82, 2.24) is 39.3 Å². The standard InChI is InChI=1S/C51H86N8O12/c1-14-39-51(10,65)43(61)34(6)57(12)27-30(2)25-49(8,64)45(32(4)42(33(5)47(63)69-39)70-40-26-50(9,66-13)44(62)35(7)68-40)71-48-41(60)38(24-31(3)67-48)56(11)23-19-36-28-59(55-54-36)22-16-15-21-58-29-53-37-18-17-20-52-46(37)58/h17-18,20,28-35,38-45,48,60-62,64-65H,14-16,19,21-27H2,1-13H3/t30-,31-,32+,33-,34-,35+,38+,39-,40+,41-,42+,43-,44+,45-,48+,49-,50-,51-/m1/s1. The molecule has 0 aromatic carbocycles. The van der Waals surface area contributed by atoms with E-state index in [4.69, 9.17) is 28.4 Å². The van der Waals surface area contributed by atoms with Crippen LogP contribution in [0.1, 0.15) is 113 Å². The van der Waals surface area contributed by atoms with E-state index in [9.17, 15) is 30.3 Å². The predicted octanol–water partition coefficient (Wildman–Crippen LogP) is 3.33. The summed E-state index contributed by atoms with van der Waals surface area (Å²) in [7, 11) is 5.31. The lowest BCUT2D eigenvalue weighted by atomic mass is 9.77. The summed E-state index contributed by atoms with van der Waals surface area (Å²) in [5.74, 6) is -2.75. The summed E-state index contributed by atoms with van der Waals surface area (Å²) in [6.07, 6.45) is -0.917. The summed E-state index contributed by atoms with van der Waals surface area (Å²) < 4.78 is 42.3. The van der Waals surface area contributed by atoms with Crippen LogP contribution in [0.2, 0.25) is 0 Å². The van der Waals surface area contributed by atoms with Crippen LogP contribution in [0.5, 0.6) is 0 Å². The minimum atomic E-state index is -1.83. The van der Waals surface area contributed by atoms with Gasteiger partial charge in [0.15, 0.2) is 18.2 Å². The van der Waals surface area contributed by atoms with E-state index in [1.165, 1.54) is 14.0 Å². The first kappa shape index (κ1) is 57.0. The molecule has 3 fully saturated rings. The Bertz CT molecular complexity index is 2140. The van der Waals surface area contributed by atoms with Crippen LogP contribution in [0.3, 0.4) is 0 Å². The molecule has 0 spiro atoms. The Morgan fingerprint density at radius 2 is 1.68 bits per heavy atom. The fourth-order valence-electron chi connectivity index (χ4n) is 11.3. The number of ether oxygens (including phenoxy) is 6. The van der Waals surface area contributed by atoms with Crippen molar-refractivity contribution in [3.05, 3.63) is 36.5 Å². The van der Waals surface area contributed by atoms with Gasteiger partial charge in [0.2, 0.25) is 0 Å². The third-order valence-electron chi connectivity index (χ3n) is 15.8. The number of aryl methyl sites for hydroxylation is 2. The second kappa shape index (κ2) is 24.0. The largest absolute Gasteiger partial charge is 0.459 e. The first-order valence-corrected chi connectivity index (χ1v) is 25.8. The van der Waals surface area contributed by atoms with Crippen LogP contribution >= 0.6 is 0 Å². The third kappa shape index (κ3) is 13.4. The van der Waals surface area contributed by atoms with E-state index in [1.807, 2.05) is 69.1 Å². The van der Waals surface area contributed by atoms with Crippen molar-refractivity contribution in [2.45, 2.75) is 218 Å². The van der Waals surface area contributed by atoms with E-state index >= 15 is 0 Å². The average molecular weight is 1000 g/mol. The molecule has 0 amide bonds. The van der Waals surface area contributed by atoms with E-state index in [0.717, 1.165) is 42.8 Å². The fraction of sp³-hybridized carbons (Fsp3) is 0.824. The molecule has 3 aliphatic rings. The number of hydrogen-bond donors (Lipinski definition) is 5. The van der Waals surface area contributed by atoms with E-state index in [1.54, 1.807) is 47.7 Å². The number of hydrogen-bond acceptors (Lipinski definition) is 18. The number of cyclic esters (lactones) is 1. The van der Waals surface area contributed by atoms with Gasteiger partial charge in [0.05, 0.1) is 53.6 Å². The molecule has 0 unspecified atom stereocenters. The molecule has 3 saturated heterocycles. The summed E-state index contributed by atoms with van der Waals surface area (Å²) in [4.78, 5) is 27.4. The number of aliphatic hydroxyl groups is 5. The number of rotatable bonds is 15. The molecule has 6 heterocycles. The van der Waals surface area contributed by atoms with Gasteiger partial charge in [0, 0.05) is 76.5 Å². The molecule has 71 heavy (non-hydrogen) atoms. The molecule has 20 heteroatoms. The summed E-state index contributed by atoms with van der Waals surface area (Å²) >= 11 is 0. The zero-order chi connectivity index (χ0) is 52.2. The summed E-state index contributed by atoms with van der Waals surface area (Å²) in [5, 5.41) is 68.5. The number of aromatic nitrogens is 6. The van der Waals surface area contributed by atoms with Crippen LogP contribution in [-0.4, -0.2) is 195 Å². The van der Waals surface area contributed by atoms with E-state index in [2.05, 4.69) is 29.7 Å². The molecule has 18 atom stereocenters. The number of esters is 1. The van der Waals surface area contributed by atoms with Crippen molar-refractivity contribution in [1.29, 1.82) is 0 Å². The third-order valence-corrected chi connectivity index (χ3v) is 15.8. The van der Waals surface area contributed by atoms with E-state index < -0.39 is 102 Å². The van der Waals surface area contributed by atoms with Crippen LogP contribution in [0.15, 0.2) is 30.9 Å². The van der Waals surface area contributed by atoms with Crippen LogP contribution in [0.25, 0.3) is 11.2 Å². The highest BCUT2D eigenvalue weighted by molar-refractivity contribution is 5.73. The van der Waals surface area contributed by atoms with Crippen molar-refractivity contribution in [3.8, 4) is 0 Å². The number of nitrogens with zero attached hydrogens (tertiary/aromatic N) is 8. The number of fused-ring (bicyclic) bond motifs is 1. The molecule has 6 rings (SSSR count). The number of pyridine rings is 1. The molecule has 20 nitrogen and oxygen atoms in total. The zero-order valence-corrected chi connectivity index (χ0v) is 44.5. The molecule has 3 aromatic heterocycles. The number of aliphatic hydroxyl groups excluding tert-OH is 3. The van der Waals surface area contributed by atoms with Crippen LogP contribution in [-0.2, 0) is 52.7 Å². The van der Waals surface area contributed by atoms with Crippen LogP contribution in [0, 0.1) is 17.8 Å². The molecular weight excluding hydrogens is 917 g/mol. The topological polar surface area (TPSA) is 242 Å². The van der Waals surface area contributed by atoms with Gasteiger partial charge in [-0.25, -0.2) is 9.97 Å². The number of carbonyl (C=O) groups is 1. The lowest BCUT2D eigenvalue weighted by Crippen LogP contribution is -2.61. The number of imidazole rings is 1. The first-order valence-electron chi connectivity index (χ1n) is 25.8. The van der Waals surface area contributed by atoms with Gasteiger partial charge in [-0.15, -0.1) is 5.10 Å². The zero-order valence-electron chi connectivity index (χ0n) is 44.5. The lowest BCUT2D eigenvalue weighted by Gasteiger charge is -2.49. The smallest absolute Gasteiger partial charge is 0.311 e. The monoisotopic (exact) mass is 1000 g/mol. The number of carbonyl (C=O) groups excluding carboxylic acids is 1. The van der Waals surface area contributed by atoms with Gasteiger partial charge < -0.3 is 68.3 Å². The molecule has 0 saturated carbocycles. The molecule has 402 valence electrons. The maximum atomic E-state index is 14.5. The van der Waals surface area contributed by atoms with Crippen molar-refractivity contribution < 1.29 is 58.7 Å². The quantitative estimate of drug-likeness (QED) is 0.108. The highest BCUT2D eigenvalue weighted by Crippen LogP contribution is 2.40. The highest BCUT2D eigenvalue weighted by atomic mass is 16.7. The molecule has 0 aliphatic carbocycles. The van der Waals surface area contributed by atoms with Gasteiger partial charge in [-0.1, -0.05) is 26.0 Å². The van der Waals surface area contributed by atoms with Crippen LogP contribution < -0.4 is 0 Å². The van der Waals surface area contributed by atoms with Gasteiger partial charge in [-0.2, -0.15) is 0 Å². The van der Waals surface area contributed by atoms with E-state index in [-0.39, 0.29) is 31.3 Å². The molecular formula is C51H86N8O12. The van der Waals surface area contributed by atoms with Crippen molar-refractivity contribution >= 4 is 17.1 Å². The van der Waals surface area contributed by atoms with Crippen molar-refractivity contribution in [2.24, 2.45) is 17.8 Å². The van der Waals surface area contributed by atoms with Crippen molar-refractivity contribution in [3.63, 3.8) is 0 Å². The normalized spacial score (nSPS) is 39.6. The van der Waals surface area contributed by atoms with Crippen LogP contribution in [0.4, 0.5) is 0 Å². The molecule has 5 N–H and O–H groups in total. The van der Waals surface area contributed by atoms with Gasteiger partial charge in [0.1, 0.15) is 35.5 Å². The number of methoxy groups -OCH3 is 1. The maximum absolute atomic E-state index is 14.5. The highest BCUT2D eigenvalue weighted by Gasteiger charge is 2.53. The Morgan fingerprint density at radius 3 is 2.38 bits per heavy atom. The summed E-state index contributed by atoms with van der Waals surface area (Å²) in [6.45, 7) is 20.1. The summed E-state index contributed by atoms with van der Waals surface area (Å²) in [5.41, 5.74) is -1.92. The minimum Gasteiger partial charge on any atom is -0.459 e. The number of unbranched alkanes of at least 4 members (excludes halogenated alkanes) is 1.